The summed E-state index contributed by atoms with van der Waals surface area (Å²) in [5.74, 6) is 0.117. The van der Waals surface area contributed by atoms with Gasteiger partial charge in [-0.15, -0.1) is 0 Å². The average molecular weight is 268 g/mol. The summed E-state index contributed by atoms with van der Waals surface area (Å²) in [6.07, 6.45) is 3.02. The monoisotopic (exact) mass is 267 g/mol. The number of hydrogen-bond donors (Lipinski definition) is 1. The quantitative estimate of drug-likeness (QED) is 0.909. The number of carbonyl (C=O) groups is 1. The minimum Gasteiger partial charge on any atom is -0.394 e. The average Bonchev–Trinajstić information content (AvgIpc) is 2.86. The van der Waals surface area contributed by atoms with Crippen molar-refractivity contribution in [1.29, 1.82) is 0 Å². The largest absolute Gasteiger partial charge is 0.394 e. The number of rotatable bonds is 4. The highest BCUT2D eigenvalue weighted by molar-refractivity contribution is 6.31. The lowest BCUT2D eigenvalue weighted by Crippen LogP contribution is -2.37. The summed E-state index contributed by atoms with van der Waals surface area (Å²) >= 11 is 6.06. The zero-order valence-electron chi connectivity index (χ0n) is 10.3. The van der Waals surface area contributed by atoms with E-state index in [1.54, 1.807) is 4.90 Å². The number of benzene rings is 1. The standard InChI is InChI=1S/C14H18ClNO2/c15-13-6-2-1-4-11(13)7-8-14(18)16-9-3-5-12(16)10-17/h1-2,4,6,12,17H,3,5,7-10H2. The first-order valence-electron chi connectivity index (χ1n) is 6.36. The van der Waals surface area contributed by atoms with Crippen LogP contribution < -0.4 is 0 Å². The van der Waals surface area contributed by atoms with Crippen LogP contribution >= 0.6 is 11.6 Å². The van der Waals surface area contributed by atoms with Crippen molar-refractivity contribution in [3.63, 3.8) is 0 Å². The fourth-order valence-corrected chi connectivity index (χ4v) is 2.67. The van der Waals surface area contributed by atoms with E-state index < -0.39 is 0 Å². The van der Waals surface area contributed by atoms with Crippen molar-refractivity contribution < 1.29 is 9.90 Å². The van der Waals surface area contributed by atoms with Gasteiger partial charge in [0.1, 0.15) is 0 Å². The number of aliphatic hydroxyl groups excluding tert-OH is 1. The summed E-state index contributed by atoms with van der Waals surface area (Å²) < 4.78 is 0. The third-order valence-corrected chi connectivity index (χ3v) is 3.84. The lowest BCUT2D eigenvalue weighted by atomic mass is 10.1. The molecular formula is C14H18ClNO2. The van der Waals surface area contributed by atoms with Gasteiger partial charge in [-0.2, -0.15) is 0 Å². The predicted molar refractivity (Wildman–Crippen MR) is 71.6 cm³/mol. The number of hydrogen-bond acceptors (Lipinski definition) is 2. The van der Waals surface area contributed by atoms with Crippen LogP contribution in [0.1, 0.15) is 24.8 Å². The summed E-state index contributed by atoms with van der Waals surface area (Å²) in [7, 11) is 0. The number of halogens is 1. The molecule has 2 rings (SSSR count). The number of aliphatic hydroxyl groups is 1. The van der Waals surface area contributed by atoms with E-state index in [1.165, 1.54) is 0 Å². The number of nitrogens with zero attached hydrogens (tertiary/aromatic N) is 1. The van der Waals surface area contributed by atoms with Crippen molar-refractivity contribution in [1.82, 2.24) is 4.90 Å². The van der Waals surface area contributed by atoms with Gasteiger partial charge < -0.3 is 10.0 Å². The fourth-order valence-electron chi connectivity index (χ4n) is 2.44. The molecule has 1 aromatic rings. The van der Waals surface area contributed by atoms with Gasteiger partial charge >= 0.3 is 0 Å². The first kappa shape index (κ1) is 13.4. The molecule has 1 atom stereocenters. The molecule has 1 aliphatic rings. The molecule has 0 radical (unpaired) electrons. The van der Waals surface area contributed by atoms with Crippen LogP contribution in [0.5, 0.6) is 0 Å². The number of carbonyl (C=O) groups excluding carboxylic acids is 1. The van der Waals surface area contributed by atoms with Crippen molar-refractivity contribution in [2.45, 2.75) is 31.7 Å². The second kappa shape index (κ2) is 6.21. The van der Waals surface area contributed by atoms with Crippen LogP contribution in [0.25, 0.3) is 0 Å². The molecule has 1 heterocycles. The van der Waals surface area contributed by atoms with Crippen LogP contribution in [0.4, 0.5) is 0 Å². The zero-order chi connectivity index (χ0) is 13.0. The molecule has 0 saturated carbocycles. The molecule has 18 heavy (non-hydrogen) atoms. The van der Waals surface area contributed by atoms with E-state index in [1.807, 2.05) is 24.3 Å². The van der Waals surface area contributed by atoms with Crippen LogP contribution in [0.15, 0.2) is 24.3 Å². The van der Waals surface area contributed by atoms with Crippen molar-refractivity contribution in [3.8, 4) is 0 Å². The van der Waals surface area contributed by atoms with E-state index in [4.69, 9.17) is 11.6 Å². The molecule has 0 bridgehead atoms. The summed E-state index contributed by atoms with van der Waals surface area (Å²) in [6.45, 7) is 0.838. The van der Waals surface area contributed by atoms with Crippen LogP contribution in [0, 0.1) is 0 Å². The van der Waals surface area contributed by atoms with E-state index >= 15 is 0 Å². The summed E-state index contributed by atoms with van der Waals surface area (Å²) in [5, 5.41) is 9.91. The molecule has 1 unspecified atom stereocenters. The van der Waals surface area contributed by atoms with E-state index in [9.17, 15) is 9.90 Å². The smallest absolute Gasteiger partial charge is 0.223 e. The Kier molecular flexibility index (Phi) is 4.61. The summed E-state index contributed by atoms with van der Waals surface area (Å²) in [6, 6.07) is 7.62. The van der Waals surface area contributed by atoms with Crippen LogP contribution in [0.2, 0.25) is 5.02 Å². The highest BCUT2D eigenvalue weighted by Crippen LogP contribution is 2.20. The Morgan fingerprint density at radius 3 is 2.94 bits per heavy atom. The second-order valence-corrected chi connectivity index (χ2v) is 5.06. The Morgan fingerprint density at radius 2 is 2.22 bits per heavy atom. The Labute approximate surface area is 112 Å². The maximum Gasteiger partial charge on any atom is 0.223 e. The molecule has 0 aliphatic carbocycles. The highest BCUT2D eigenvalue weighted by atomic mass is 35.5. The molecule has 1 N–H and O–H groups in total. The summed E-state index contributed by atoms with van der Waals surface area (Å²) in [5.41, 5.74) is 1.01. The third kappa shape index (κ3) is 3.03. The Bertz CT molecular complexity index is 422. The van der Waals surface area contributed by atoms with E-state index in [0.29, 0.717) is 17.9 Å². The SMILES string of the molecule is O=C(CCc1ccccc1Cl)N1CCCC1CO. The molecule has 1 amide bonds. The minimum atomic E-state index is 0.0174. The van der Waals surface area contributed by atoms with Crippen LogP contribution in [0.3, 0.4) is 0 Å². The van der Waals surface area contributed by atoms with Gasteiger partial charge in [0.2, 0.25) is 5.91 Å². The van der Waals surface area contributed by atoms with Crippen molar-refractivity contribution in [3.05, 3.63) is 34.9 Å². The number of likely N-dealkylation sites (tertiary alicyclic amines) is 1. The Balaban J connectivity index is 1.90. The van der Waals surface area contributed by atoms with E-state index in [0.717, 1.165) is 24.9 Å². The van der Waals surface area contributed by atoms with Crippen LogP contribution in [-0.2, 0) is 11.2 Å². The molecule has 98 valence electrons. The topological polar surface area (TPSA) is 40.5 Å². The molecule has 1 aliphatic heterocycles. The predicted octanol–water partition coefficient (Wildman–Crippen LogP) is 2.26. The Morgan fingerprint density at radius 1 is 1.44 bits per heavy atom. The van der Waals surface area contributed by atoms with E-state index in [2.05, 4.69) is 0 Å². The normalized spacial score (nSPS) is 19.2. The van der Waals surface area contributed by atoms with Crippen molar-refractivity contribution >= 4 is 17.5 Å². The van der Waals surface area contributed by atoms with E-state index in [-0.39, 0.29) is 18.6 Å². The van der Waals surface area contributed by atoms with Gasteiger partial charge in [-0.25, -0.2) is 0 Å². The van der Waals surface area contributed by atoms with Gasteiger partial charge in [-0.05, 0) is 30.9 Å². The zero-order valence-corrected chi connectivity index (χ0v) is 11.1. The van der Waals surface area contributed by atoms with Gasteiger partial charge in [0.05, 0.1) is 12.6 Å². The molecule has 0 spiro atoms. The molecule has 4 heteroatoms. The fraction of sp³-hybridized carbons (Fsp3) is 0.500. The number of amides is 1. The molecule has 1 aromatic carbocycles. The lowest BCUT2D eigenvalue weighted by molar-refractivity contribution is -0.132. The third-order valence-electron chi connectivity index (χ3n) is 3.47. The maximum absolute atomic E-state index is 12.1. The first-order valence-corrected chi connectivity index (χ1v) is 6.74. The van der Waals surface area contributed by atoms with Gasteiger partial charge in [0, 0.05) is 18.0 Å². The molecule has 0 aromatic heterocycles. The van der Waals surface area contributed by atoms with Gasteiger partial charge in [0.25, 0.3) is 0 Å². The van der Waals surface area contributed by atoms with Crippen LogP contribution in [-0.4, -0.2) is 35.1 Å². The second-order valence-electron chi connectivity index (χ2n) is 4.66. The first-order chi connectivity index (χ1) is 8.72. The van der Waals surface area contributed by atoms with Gasteiger partial charge in [0.15, 0.2) is 0 Å². The van der Waals surface area contributed by atoms with Crippen molar-refractivity contribution in [2.24, 2.45) is 0 Å². The molecule has 3 nitrogen and oxygen atoms in total. The highest BCUT2D eigenvalue weighted by Gasteiger charge is 2.27. The molecule has 1 fully saturated rings. The Hall–Kier alpha value is -1.06. The minimum absolute atomic E-state index is 0.0174. The summed E-state index contributed by atoms with van der Waals surface area (Å²) in [4.78, 5) is 13.9. The lowest BCUT2D eigenvalue weighted by Gasteiger charge is -2.23. The van der Waals surface area contributed by atoms with Gasteiger partial charge in [-0.1, -0.05) is 29.8 Å². The number of aryl methyl sites for hydroxylation is 1. The van der Waals surface area contributed by atoms with Gasteiger partial charge in [-0.3, -0.25) is 4.79 Å². The molecule has 1 saturated heterocycles. The maximum atomic E-state index is 12.1. The van der Waals surface area contributed by atoms with Crippen molar-refractivity contribution in [2.75, 3.05) is 13.2 Å². The molecular weight excluding hydrogens is 250 g/mol.